The summed E-state index contributed by atoms with van der Waals surface area (Å²) >= 11 is 1.43. The molecule has 0 unspecified atom stereocenters. The van der Waals surface area contributed by atoms with Gasteiger partial charge in [0.15, 0.2) is 16.7 Å². The van der Waals surface area contributed by atoms with Gasteiger partial charge in [0, 0.05) is 18.1 Å². The van der Waals surface area contributed by atoms with Gasteiger partial charge in [0.1, 0.15) is 5.82 Å². The summed E-state index contributed by atoms with van der Waals surface area (Å²) in [6.07, 6.45) is 0.158. The van der Waals surface area contributed by atoms with E-state index in [9.17, 15) is 9.59 Å². The number of fused-ring (bicyclic) bond motifs is 1. The summed E-state index contributed by atoms with van der Waals surface area (Å²) in [6, 6.07) is 13.6. The van der Waals surface area contributed by atoms with Crippen LogP contribution in [0, 0.1) is 6.92 Å². The summed E-state index contributed by atoms with van der Waals surface area (Å²) in [5.74, 6) is 1.57. The lowest BCUT2D eigenvalue weighted by atomic mass is 9.86. The molecule has 166 valence electrons. The molecule has 0 saturated heterocycles. The lowest BCUT2D eigenvalue weighted by Gasteiger charge is -2.25. The standard InChI is InChI=1S/C24H25N3O4S/c1-4-31-19-11-15(9-10-18(19)30-3)17-12-20(28)25-22-21(17)23(29)27-24(26-22)32-13-16-8-6-5-7-14(16)2/h5-11,17H,4,12-13H2,1-3H3,(H2,25,26,27,28,29)/t17-/m1/s1. The van der Waals surface area contributed by atoms with Crippen molar-refractivity contribution >= 4 is 23.5 Å². The molecule has 0 saturated carbocycles. The fourth-order valence-electron chi connectivity index (χ4n) is 3.80. The van der Waals surface area contributed by atoms with Crippen molar-refractivity contribution < 1.29 is 14.3 Å². The molecule has 0 spiro atoms. The topological polar surface area (TPSA) is 93.3 Å². The molecular formula is C24H25N3O4S. The van der Waals surface area contributed by atoms with Gasteiger partial charge in [-0.25, -0.2) is 4.98 Å². The number of hydrogen-bond acceptors (Lipinski definition) is 6. The molecule has 1 aliphatic heterocycles. The number of thioether (sulfide) groups is 1. The number of carbonyl (C=O) groups excluding carboxylic acids is 1. The van der Waals surface area contributed by atoms with E-state index in [0.29, 0.717) is 40.4 Å². The van der Waals surface area contributed by atoms with E-state index >= 15 is 0 Å². The predicted octanol–water partition coefficient (Wildman–Crippen LogP) is 4.25. The molecule has 4 rings (SSSR count). The van der Waals surface area contributed by atoms with Crippen LogP contribution in [0.5, 0.6) is 11.5 Å². The number of hydrogen-bond donors (Lipinski definition) is 2. The highest BCUT2D eigenvalue weighted by Crippen LogP contribution is 2.38. The lowest BCUT2D eigenvalue weighted by Crippen LogP contribution is -2.31. The van der Waals surface area contributed by atoms with E-state index in [2.05, 4.69) is 34.3 Å². The Labute approximate surface area is 190 Å². The smallest absolute Gasteiger partial charge is 0.257 e. The monoisotopic (exact) mass is 451 g/mol. The van der Waals surface area contributed by atoms with E-state index in [1.807, 2.05) is 31.2 Å². The zero-order chi connectivity index (χ0) is 22.7. The first-order chi connectivity index (χ1) is 15.5. The zero-order valence-corrected chi connectivity index (χ0v) is 19.0. The van der Waals surface area contributed by atoms with Crippen LogP contribution in [-0.2, 0) is 10.5 Å². The van der Waals surface area contributed by atoms with Gasteiger partial charge in [0.05, 0.1) is 19.3 Å². The van der Waals surface area contributed by atoms with E-state index in [0.717, 1.165) is 5.56 Å². The van der Waals surface area contributed by atoms with Crippen molar-refractivity contribution in [2.75, 3.05) is 19.0 Å². The first-order valence-electron chi connectivity index (χ1n) is 10.4. The van der Waals surface area contributed by atoms with Gasteiger partial charge in [0.25, 0.3) is 5.56 Å². The first-order valence-corrected chi connectivity index (χ1v) is 11.4. The molecule has 2 heterocycles. The fourth-order valence-corrected chi connectivity index (χ4v) is 4.74. The molecule has 1 aromatic heterocycles. The summed E-state index contributed by atoms with van der Waals surface area (Å²) in [7, 11) is 1.58. The number of aromatic nitrogens is 2. The summed E-state index contributed by atoms with van der Waals surface area (Å²) < 4.78 is 11.0. The number of nitrogens with zero attached hydrogens (tertiary/aromatic N) is 1. The van der Waals surface area contributed by atoms with Crippen molar-refractivity contribution in [3.63, 3.8) is 0 Å². The van der Waals surface area contributed by atoms with Gasteiger partial charge in [-0.1, -0.05) is 42.1 Å². The van der Waals surface area contributed by atoms with Crippen LogP contribution in [0.25, 0.3) is 0 Å². The summed E-state index contributed by atoms with van der Waals surface area (Å²) in [6.45, 7) is 4.42. The number of H-pyrrole nitrogens is 1. The quantitative estimate of drug-likeness (QED) is 0.412. The van der Waals surface area contributed by atoms with E-state index in [-0.39, 0.29) is 17.9 Å². The number of aryl methyl sites for hydroxylation is 1. The van der Waals surface area contributed by atoms with Crippen molar-refractivity contribution in [3.05, 3.63) is 75.1 Å². The van der Waals surface area contributed by atoms with Crippen LogP contribution in [0.2, 0.25) is 0 Å². The van der Waals surface area contributed by atoms with Gasteiger partial charge in [0.2, 0.25) is 5.91 Å². The lowest BCUT2D eigenvalue weighted by molar-refractivity contribution is -0.116. The van der Waals surface area contributed by atoms with Crippen LogP contribution in [0.4, 0.5) is 5.82 Å². The highest BCUT2D eigenvalue weighted by molar-refractivity contribution is 7.98. The molecule has 8 heteroatoms. The Bertz CT molecular complexity index is 1210. The number of aromatic amines is 1. The van der Waals surface area contributed by atoms with Crippen LogP contribution >= 0.6 is 11.8 Å². The van der Waals surface area contributed by atoms with Crippen molar-refractivity contribution in [2.45, 2.75) is 37.1 Å². The van der Waals surface area contributed by atoms with Gasteiger partial charge >= 0.3 is 0 Å². The minimum absolute atomic E-state index is 0.158. The maximum absolute atomic E-state index is 13.1. The maximum Gasteiger partial charge on any atom is 0.257 e. The highest BCUT2D eigenvalue weighted by Gasteiger charge is 2.31. The van der Waals surface area contributed by atoms with Crippen molar-refractivity contribution in [1.82, 2.24) is 9.97 Å². The molecule has 0 radical (unpaired) electrons. The normalized spacial score (nSPS) is 15.1. The summed E-state index contributed by atoms with van der Waals surface area (Å²) in [5, 5.41) is 3.25. The highest BCUT2D eigenvalue weighted by atomic mass is 32.2. The molecule has 2 N–H and O–H groups in total. The van der Waals surface area contributed by atoms with Crippen molar-refractivity contribution in [2.24, 2.45) is 0 Å². The number of methoxy groups -OCH3 is 1. The Morgan fingerprint density at radius 1 is 1.16 bits per heavy atom. The molecule has 1 amide bonds. The third kappa shape index (κ3) is 4.50. The maximum atomic E-state index is 13.1. The van der Waals surface area contributed by atoms with E-state index in [4.69, 9.17) is 9.47 Å². The third-order valence-corrected chi connectivity index (χ3v) is 6.37. The largest absolute Gasteiger partial charge is 0.493 e. The Kier molecular flexibility index (Phi) is 6.50. The number of rotatable bonds is 7. The van der Waals surface area contributed by atoms with Gasteiger partial charge in [-0.2, -0.15) is 0 Å². The van der Waals surface area contributed by atoms with E-state index < -0.39 is 5.92 Å². The van der Waals surface area contributed by atoms with Crippen molar-refractivity contribution in [3.8, 4) is 11.5 Å². The van der Waals surface area contributed by atoms with Gasteiger partial charge in [-0.3, -0.25) is 9.59 Å². The Morgan fingerprint density at radius 3 is 2.72 bits per heavy atom. The van der Waals surface area contributed by atoms with Crippen molar-refractivity contribution in [1.29, 1.82) is 0 Å². The van der Waals surface area contributed by atoms with Gasteiger partial charge < -0.3 is 19.8 Å². The summed E-state index contributed by atoms with van der Waals surface area (Å²) in [5.41, 5.74) is 3.36. The number of nitrogens with one attached hydrogen (secondary N) is 2. The molecule has 1 aliphatic rings. The second-order valence-corrected chi connectivity index (χ2v) is 8.46. The van der Waals surface area contributed by atoms with E-state index in [1.165, 1.54) is 22.9 Å². The molecule has 32 heavy (non-hydrogen) atoms. The molecular weight excluding hydrogens is 426 g/mol. The van der Waals surface area contributed by atoms with E-state index in [1.54, 1.807) is 13.2 Å². The SMILES string of the molecule is CCOc1cc([C@H]2CC(=O)Nc3nc(SCc4ccccc4C)[nH]c(=O)c32)ccc1OC. The number of carbonyl (C=O) groups is 1. The van der Waals surface area contributed by atoms with Crippen LogP contribution in [0.3, 0.4) is 0 Å². The minimum Gasteiger partial charge on any atom is -0.493 e. The minimum atomic E-state index is -0.421. The number of amides is 1. The van der Waals surface area contributed by atoms with Crippen LogP contribution in [-0.4, -0.2) is 29.6 Å². The molecule has 1 atom stereocenters. The van der Waals surface area contributed by atoms with Gasteiger partial charge in [-0.05, 0) is 42.7 Å². The van der Waals surface area contributed by atoms with Crippen LogP contribution in [0.1, 0.15) is 41.5 Å². The average molecular weight is 452 g/mol. The Morgan fingerprint density at radius 2 is 1.97 bits per heavy atom. The zero-order valence-electron chi connectivity index (χ0n) is 18.2. The second kappa shape index (κ2) is 9.48. The fraction of sp³-hybridized carbons (Fsp3) is 0.292. The molecule has 7 nitrogen and oxygen atoms in total. The second-order valence-electron chi connectivity index (χ2n) is 7.50. The Balaban J connectivity index is 1.67. The third-order valence-electron chi connectivity index (χ3n) is 5.44. The van der Waals surface area contributed by atoms with Crippen LogP contribution < -0.4 is 20.3 Å². The first kappa shape index (κ1) is 22.0. The Hall–Kier alpha value is -3.26. The van der Waals surface area contributed by atoms with Crippen LogP contribution in [0.15, 0.2) is 52.4 Å². The van der Waals surface area contributed by atoms with Gasteiger partial charge in [-0.15, -0.1) is 0 Å². The molecule has 0 aliphatic carbocycles. The number of benzene rings is 2. The molecule has 0 bridgehead atoms. The molecule has 2 aromatic carbocycles. The predicted molar refractivity (Wildman–Crippen MR) is 125 cm³/mol. The average Bonchev–Trinajstić information content (AvgIpc) is 2.78. The summed E-state index contributed by atoms with van der Waals surface area (Å²) in [4.78, 5) is 33.0. The number of anilines is 1. The molecule has 3 aromatic rings. The molecule has 0 fully saturated rings. The number of ether oxygens (including phenoxy) is 2.